The molecule has 3 heteroatoms. The van der Waals surface area contributed by atoms with Crippen LogP contribution in [0.15, 0.2) is 0 Å². The fraction of sp³-hybridized carbons (Fsp3) is 0.929. The second-order valence-corrected chi connectivity index (χ2v) is 6.63. The number of piperidine rings is 1. The Morgan fingerprint density at radius 1 is 1.06 bits per heavy atom. The second-order valence-electron chi connectivity index (χ2n) is 6.63. The first kappa shape index (κ1) is 10.4. The Bertz CT molecular complexity index is 319. The molecular weight excluding hydrogens is 212 g/mol. The van der Waals surface area contributed by atoms with Crippen LogP contribution in [0.25, 0.3) is 0 Å². The molecule has 4 aliphatic rings. The first-order valence-corrected chi connectivity index (χ1v) is 7.33. The van der Waals surface area contributed by atoms with Gasteiger partial charge in [-0.1, -0.05) is 0 Å². The lowest BCUT2D eigenvalue weighted by Gasteiger charge is -2.24. The summed E-state index contributed by atoms with van der Waals surface area (Å²) in [7, 11) is 0. The molecule has 4 fully saturated rings. The summed E-state index contributed by atoms with van der Waals surface area (Å²) in [6, 6.07) is 0.601. The van der Waals surface area contributed by atoms with Crippen molar-refractivity contribution in [2.24, 2.45) is 23.7 Å². The van der Waals surface area contributed by atoms with Crippen molar-refractivity contribution >= 4 is 5.91 Å². The molecule has 0 aromatic rings. The standard InChI is InChI=1S/C14H22N2O/c17-14(12-5-10-4-11(10)6-12)16-7-9-2-1-3-15-13(9)8-16/h9-13,15H,1-8H2. The second kappa shape index (κ2) is 3.71. The number of likely N-dealkylation sites (tertiary alicyclic amines) is 1. The number of carbonyl (C=O) groups excluding carboxylic acids is 1. The molecule has 2 saturated heterocycles. The molecule has 0 bridgehead atoms. The molecule has 2 saturated carbocycles. The van der Waals surface area contributed by atoms with Gasteiger partial charge in [0.25, 0.3) is 0 Å². The average Bonchev–Trinajstić information content (AvgIpc) is 2.81. The van der Waals surface area contributed by atoms with Gasteiger partial charge in [-0.15, -0.1) is 0 Å². The summed E-state index contributed by atoms with van der Waals surface area (Å²) in [6.07, 6.45) is 6.41. The number of carbonyl (C=O) groups is 1. The lowest BCUT2D eigenvalue weighted by atomic mass is 9.94. The van der Waals surface area contributed by atoms with Gasteiger partial charge in [0.05, 0.1) is 0 Å². The molecule has 4 rings (SSSR count). The fourth-order valence-electron chi connectivity index (χ4n) is 4.40. The third-order valence-corrected chi connectivity index (χ3v) is 5.50. The summed E-state index contributed by atoms with van der Waals surface area (Å²) in [4.78, 5) is 14.6. The molecule has 2 aliphatic carbocycles. The summed E-state index contributed by atoms with van der Waals surface area (Å²) in [5.41, 5.74) is 0. The SMILES string of the molecule is O=C(C1CC2CC2C1)N1CC2CCCNC2C1. The van der Waals surface area contributed by atoms with Gasteiger partial charge in [-0.25, -0.2) is 0 Å². The van der Waals surface area contributed by atoms with Gasteiger partial charge in [0, 0.05) is 25.0 Å². The van der Waals surface area contributed by atoms with Crippen molar-refractivity contribution in [3.63, 3.8) is 0 Å². The van der Waals surface area contributed by atoms with E-state index in [0.717, 1.165) is 37.4 Å². The first-order chi connectivity index (χ1) is 8.31. The zero-order chi connectivity index (χ0) is 11.4. The van der Waals surface area contributed by atoms with Gasteiger partial charge in [0.1, 0.15) is 0 Å². The van der Waals surface area contributed by atoms with E-state index in [9.17, 15) is 4.79 Å². The minimum atomic E-state index is 0.388. The Labute approximate surface area is 103 Å². The number of fused-ring (bicyclic) bond motifs is 2. The number of nitrogens with one attached hydrogen (secondary N) is 1. The maximum atomic E-state index is 12.5. The van der Waals surface area contributed by atoms with Crippen molar-refractivity contribution in [1.82, 2.24) is 10.2 Å². The number of amides is 1. The Kier molecular flexibility index (Phi) is 2.26. The van der Waals surface area contributed by atoms with Crippen LogP contribution >= 0.6 is 0 Å². The Balaban J connectivity index is 1.40. The molecule has 0 aromatic carbocycles. The number of hydrogen-bond donors (Lipinski definition) is 1. The quantitative estimate of drug-likeness (QED) is 0.740. The molecule has 4 atom stereocenters. The van der Waals surface area contributed by atoms with Crippen molar-refractivity contribution in [3.8, 4) is 0 Å². The summed E-state index contributed by atoms with van der Waals surface area (Å²) >= 11 is 0. The van der Waals surface area contributed by atoms with Crippen molar-refractivity contribution in [2.45, 2.75) is 38.1 Å². The maximum absolute atomic E-state index is 12.5. The van der Waals surface area contributed by atoms with Gasteiger partial charge in [-0.3, -0.25) is 4.79 Å². The van der Waals surface area contributed by atoms with Gasteiger partial charge in [-0.2, -0.15) is 0 Å². The Morgan fingerprint density at radius 3 is 2.65 bits per heavy atom. The highest BCUT2D eigenvalue weighted by Crippen LogP contribution is 2.54. The van der Waals surface area contributed by atoms with Crippen LogP contribution in [0, 0.1) is 23.7 Å². The van der Waals surface area contributed by atoms with Gasteiger partial charge in [-0.05, 0) is 56.4 Å². The molecule has 2 aliphatic heterocycles. The number of hydrogen-bond acceptors (Lipinski definition) is 2. The summed E-state index contributed by atoms with van der Waals surface area (Å²) in [5, 5.41) is 3.58. The van der Waals surface area contributed by atoms with E-state index in [4.69, 9.17) is 0 Å². The lowest BCUT2D eigenvalue weighted by molar-refractivity contribution is -0.134. The number of rotatable bonds is 1. The molecule has 1 amide bonds. The molecule has 0 radical (unpaired) electrons. The smallest absolute Gasteiger partial charge is 0.225 e. The van der Waals surface area contributed by atoms with Gasteiger partial charge in [0.15, 0.2) is 0 Å². The fourth-order valence-corrected chi connectivity index (χ4v) is 4.40. The van der Waals surface area contributed by atoms with E-state index < -0.39 is 0 Å². The molecular formula is C14H22N2O. The normalized spacial score (nSPS) is 47.8. The van der Waals surface area contributed by atoms with Gasteiger partial charge in [0.2, 0.25) is 5.91 Å². The van der Waals surface area contributed by atoms with E-state index >= 15 is 0 Å². The van der Waals surface area contributed by atoms with Crippen molar-refractivity contribution in [1.29, 1.82) is 0 Å². The molecule has 17 heavy (non-hydrogen) atoms. The molecule has 94 valence electrons. The largest absolute Gasteiger partial charge is 0.341 e. The van der Waals surface area contributed by atoms with Gasteiger partial charge >= 0.3 is 0 Å². The van der Waals surface area contributed by atoms with E-state index in [1.54, 1.807) is 0 Å². The summed E-state index contributed by atoms with van der Waals surface area (Å²) < 4.78 is 0. The first-order valence-electron chi connectivity index (χ1n) is 7.33. The monoisotopic (exact) mass is 234 g/mol. The third kappa shape index (κ3) is 1.70. The van der Waals surface area contributed by atoms with Crippen LogP contribution in [-0.2, 0) is 4.79 Å². The molecule has 3 nitrogen and oxygen atoms in total. The van der Waals surface area contributed by atoms with Crippen LogP contribution in [0.5, 0.6) is 0 Å². The highest BCUT2D eigenvalue weighted by molar-refractivity contribution is 5.79. The minimum absolute atomic E-state index is 0.388. The van der Waals surface area contributed by atoms with E-state index in [0.29, 0.717) is 17.9 Å². The van der Waals surface area contributed by atoms with Gasteiger partial charge < -0.3 is 10.2 Å². The molecule has 1 N–H and O–H groups in total. The van der Waals surface area contributed by atoms with Crippen LogP contribution in [0.4, 0.5) is 0 Å². The van der Waals surface area contributed by atoms with E-state index in [1.807, 2.05) is 0 Å². The topological polar surface area (TPSA) is 32.3 Å². The lowest BCUT2D eigenvalue weighted by Crippen LogP contribution is -2.41. The molecule has 2 heterocycles. The predicted molar refractivity (Wildman–Crippen MR) is 65.4 cm³/mol. The van der Waals surface area contributed by atoms with E-state index in [1.165, 1.54) is 32.1 Å². The predicted octanol–water partition coefficient (Wildman–Crippen LogP) is 1.24. The minimum Gasteiger partial charge on any atom is -0.341 e. The molecule has 0 spiro atoms. The molecule has 0 aromatic heterocycles. The van der Waals surface area contributed by atoms with Crippen molar-refractivity contribution < 1.29 is 4.79 Å². The van der Waals surface area contributed by atoms with Crippen LogP contribution in [0.3, 0.4) is 0 Å². The zero-order valence-electron chi connectivity index (χ0n) is 10.4. The average molecular weight is 234 g/mol. The highest BCUT2D eigenvalue weighted by atomic mass is 16.2. The van der Waals surface area contributed by atoms with Crippen LogP contribution in [0.1, 0.15) is 32.1 Å². The Morgan fingerprint density at radius 2 is 1.88 bits per heavy atom. The molecule has 4 unspecified atom stereocenters. The van der Waals surface area contributed by atoms with Crippen LogP contribution in [-0.4, -0.2) is 36.5 Å². The van der Waals surface area contributed by atoms with Crippen LogP contribution < -0.4 is 5.32 Å². The maximum Gasteiger partial charge on any atom is 0.225 e. The van der Waals surface area contributed by atoms with Crippen LogP contribution in [0.2, 0.25) is 0 Å². The third-order valence-electron chi connectivity index (χ3n) is 5.50. The van der Waals surface area contributed by atoms with Crippen molar-refractivity contribution in [2.75, 3.05) is 19.6 Å². The number of nitrogens with zero attached hydrogens (tertiary/aromatic N) is 1. The zero-order valence-corrected chi connectivity index (χ0v) is 10.4. The van der Waals surface area contributed by atoms with E-state index in [-0.39, 0.29) is 0 Å². The summed E-state index contributed by atoms with van der Waals surface area (Å²) in [6.45, 7) is 3.16. The summed E-state index contributed by atoms with van der Waals surface area (Å²) in [5.74, 6) is 3.45. The van der Waals surface area contributed by atoms with E-state index in [2.05, 4.69) is 10.2 Å². The Hall–Kier alpha value is -0.570. The van der Waals surface area contributed by atoms with Crippen molar-refractivity contribution in [3.05, 3.63) is 0 Å². The highest BCUT2D eigenvalue weighted by Gasteiger charge is 2.49.